The molecule has 0 heterocycles. The summed E-state index contributed by atoms with van der Waals surface area (Å²) in [6.07, 6.45) is 0. The Balaban J connectivity index is 2.33. The maximum Gasteiger partial charge on any atom is 0.146 e. The van der Waals surface area contributed by atoms with Gasteiger partial charge >= 0.3 is 0 Å². The molecule has 1 atom stereocenters. The molecule has 0 radical (unpaired) electrons. The standard InChI is InChI=1S/C15H15F2NO/c1-10(12-8-7-11(16)9-15(12)19)18(2)14-6-4-3-5-13(14)17/h3-10,19H,1-2H3. The lowest BCUT2D eigenvalue weighted by atomic mass is 10.1. The number of phenolic OH excluding ortho intramolecular Hbond substituents is 1. The van der Waals surface area contributed by atoms with Gasteiger partial charge in [-0.2, -0.15) is 0 Å². The van der Waals surface area contributed by atoms with Crippen molar-refractivity contribution in [2.24, 2.45) is 0 Å². The Hall–Kier alpha value is -2.10. The molecule has 1 N–H and O–H groups in total. The molecule has 0 aliphatic rings. The number of nitrogens with zero attached hydrogens (tertiary/aromatic N) is 1. The molecule has 0 saturated carbocycles. The van der Waals surface area contributed by atoms with Crippen LogP contribution >= 0.6 is 0 Å². The summed E-state index contributed by atoms with van der Waals surface area (Å²) in [5.41, 5.74) is 0.978. The van der Waals surface area contributed by atoms with Crippen LogP contribution in [-0.2, 0) is 0 Å². The average Bonchev–Trinajstić information content (AvgIpc) is 2.38. The monoisotopic (exact) mass is 263 g/mol. The maximum atomic E-state index is 13.7. The Morgan fingerprint density at radius 1 is 1.11 bits per heavy atom. The highest BCUT2D eigenvalue weighted by molar-refractivity contribution is 5.50. The predicted molar refractivity (Wildman–Crippen MR) is 71.3 cm³/mol. The number of aromatic hydroxyl groups is 1. The van der Waals surface area contributed by atoms with Gasteiger partial charge in [0.05, 0.1) is 11.7 Å². The van der Waals surface area contributed by atoms with Gasteiger partial charge in [-0.05, 0) is 25.1 Å². The van der Waals surface area contributed by atoms with Crippen molar-refractivity contribution in [2.45, 2.75) is 13.0 Å². The average molecular weight is 263 g/mol. The summed E-state index contributed by atoms with van der Waals surface area (Å²) < 4.78 is 26.7. The molecule has 2 nitrogen and oxygen atoms in total. The Kier molecular flexibility index (Phi) is 3.69. The third-order valence-electron chi connectivity index (χ3n) is 3.26. The molecule has 0 amide bonds. The molecular weight excluding hydrogens is 248 g/mol. The fourth-order valence-electron chi connectivity index (χ4n) is 2.03. The molecule has 0 aliphatic heterocycles. The van der Waals surface area contributed by atoms with Gasteiger partial charge in [-0.15, -0.1) is 0 Å². The van der Waals surface area contributed by atoms with Crippen LogP contribution in [0, 0.1) is 11.6 Å². The zero-order chi connectivity index (χ0) is 14.0. The van der Waals surface area contributed by atoms with Crippen LogP contribution in [0.5, 0.6) is 5.75 Å². The lowest BCUT2D eigenvalue weighted by Gasteiger charge is -2.28. The molecule has 0 spiro atoms. The number of para-hydroxylation sites is 1. The van der Waals surface area contributed by atoms with Gasteiger partial charge in [0, 0.05) is 18.7 Å². The Bertz CT molecular complexity index is 586. The summed E-state index contributed by atoms with van der Waals surface area (Å²) in [5, 5.41) is 9.77. The van der Waals surface area contributed by atoms with E-state index in [2.05, 4.69) is 0 Å². The lowest BCUT2D eigenvalue weighted by molar-refractivity contribution is 0.455. The minimum Gasteiger partial charge on any atom is -0.507 e. The van der Waals surface area contributed by atoms with E-state index in [-0.39, 0.29) is 17.6 Å². The molecule has 2 aromatic rings. The molecule has 0 fully saturated rings. The summed E-state index contributed by atoms with van der Waals surface area (Å²) in [7, 11) is 1.73. The first-order valence-corrected chi connectivity index (χ1v) is 5.96. The van der Waals surface area contributed by atoms with Crippen molar-refractivity contribution < 1.29 is 13.9 Å². The quantitative estimate of drug-likeness (QED) is 0.908. The second-order valence-electron chi connectivity index (χ2n) is 4.44. The molecule has 0 saturated heterocycles. The van der Waals surface area contributed by atoms with Crippen LogP contribution in [0.4, 0.5) is 14.5 Å². The highest BCUT2D eigenvalue weighted by atomic mass is 19.1. The van der Waals surface area contributed by atoms with Crippen LogP contribution in [0.25, 0.3) is 0 Å². The van der Waals surface area contributed by atoms with Crippen LogP contribution in [0.2, 0.25) is 0 Å². The molecule has 0 aromatic heterocycles. The Morgan fingerprint density at radius 2 is 1.79 bits per heavy atom. The highest BCUT2D eigenvalue weighted by Gasteiger charge is 2.18. The van der Waals surface area contributed by atoms with E-state index in [4.69, 9.17) is 0 Å². The van der Waals surface area contributed by atoms with Crippen molar-refractivity contribution in [1.82, 2.24) is 0 Å². The van der Waals surface area contributed by atoms with E-state index in [1.165, 1.54) is 18.2 Å². The molecule has 2 rings (SSSR count). The van der Waals surface area contributed by atoms with Crippen LogP contribution in [-0.4, -0.2) is 12.2 Å². The van der Waals surface area contributed by atoms with Crippen molar-refractivity contribution in [1.29, 1.82) is 0 Å². The molecule has 4 heteroatoms. The van der Waals surface area contributed by atoms with Crippen molar-refractivity contribution in [3.63, 3.8) is 0 Å². The van der Waals surface area contributed by atoms with Crippen molar-refractivity contribution in [3.05, 3.63) is 59.7 Å². The first-order chi connectivity index (χ1) is 9.00. The molecule has 100 valence electrons. The van der Waals surface area contributed by atoms with E-state index in [9.17, 15) is 13.9 Å². The largest absolute Gasteiger partial charge is 0.507 e. The fourth-order valence-corrected chi connectivity index (χ4v) is 2.03. The fraction of sp³-hybridized carbons (Fsp3) is 0.200. The predicted octanol–water partition coefficient (Wildman–Crippen LogP) is 3.87. The van der Waals surface area contributed by atoms with E-state index < -0.39 is 5.82 Å². The van der Waals surface area contributed by atoms with E-state index in [0.29, 0.717) is 11.3 Å². The van der Waals surface area contributed by atoms with E-state index in [1.807, 2.05) is 6.92 Å². The number of phenols is 1. The summed E-state index contributed by atoms with van der Waals surface area (Å²) in [6.45, 7) is 1.82. The van der Waals surface area contributed by atoms with Gasteiger partial charge in [-0.25, -0.2) is 8.78 Å². The molecule has 0 bridgehead atoms. The Labute approximate surface area is 110 Å². The summed E-state index contributed by atoms with van der Waals surface area (Å²) in [6, 6.07) is 9.96. The number of hydrogen-bond acceptors (Lipinski definition) is 2. The van der Waals surface area contributed by atoms with E-state index >= 15 is 0 Å². The number of halogens is 2. The van der Waals surface area contributed by atoms with Gasteiger partial charge in [-0.1, -0.05) is 18.2 Å². The molecule has 2 aromatic carbocycles. The van der Waals surface area contributed by atoms with Crippen molar-refractivity contribution in [3.8, 4) is 5.75 Å². The third-order valence-corrected chi connectivity index (χ3v) is 3.26. The number of benzene rings is 2. The topological polar surface area (TPSA) is 23.5 Å². The van der Waals surface area contributed by atoms with Crippen molar-refractivity contribution >= 4 is 5.69 Å². The SMILES string of the molecule is CC(c1ccc(F)cc1O)N(C)c1ccccc1F. The minimum absolute atomic E-state index is 0.129. The van der Waals surface area contributed by atoms with Gasteiger partial charge in [0.1, 0.15) is 17.4 Å². The van der Waals surface area contributed by atoms with Crippen LogP contribution < -0.4 is 4.90 Å². The first kappa shape index (κ1) is 13.3. The van der Waals surface area contributed by atoms with Gasteiger partial charge in [0.25, 0.3) is 0 Å². The van der Waals surface area contributed by atoms with Crippen LogP contribution in [0.1, 0.15) is 18.5 Å². The molecule has 1 unspecified atom stereocenters. The highest BCUT2D eigenvalue weighted by Crippen LogP contribution is 2.32. The lowest BCUT2D eigenvalue weighted by Crippen LogP contribution is -2.22. The normalized spacial score (nSPS) is 12.2. The minimum atomic E-state index is -0.498. The van der Waals surface area contributed by atoms with Crippen molar-refractivity contribution in [2.75, 3.05) is 11.9 Å². The number of anilines is 1. The summed E-state index contributed by atoms with van der Waals surface area (Å²) in [5.74, 6) is -0.962. The molecule has 0 aliphatic carbocycles. The van der Waals surface area contributed by atoms with E-state index in [1.54, 1.807) is 30.1 Å². The smallest absolute Gasteiger partial charge is 0.146 e. The van der Waals surface area contributed by atoms with Gasteiger partial charge in [0.15, 0.2) is 0 Å². The first-order valence-electron chi connectivity index (χ1n) is 5.96. The van der Waals surface area contributed by atoms with Gasteiger partial charge in [-0.3, -0.25) is 0 Å². The zero-order valence-electron chi connectivity index (χ0n) is 10.8. The van der Waals surface area contributed by atoms with Crippen LogP contribution in [0.15, 0.2) is 42.5 Å². The molecular formula is C15H15F2NO. The van der Waals surface area contributed by atoms with E-state index in [0.717, 1.165) is 6.07 Å². The Morgan fingerprint density at radius 3 is 2.42 bits per heavy atom. The third kappa shape index (κ3) is 2.67. The summed E-state index contributed by atoms with van der Waals surface area (Å²) in [4.78, 5) is 1.70. The number of hydrogen-bond donors (Lipinski definition) is 1. The van der Waals surface area contributed by atoms with Gasteiger partial charge < -0.3 is 10.0 Å². The van der Waals surface area contributed by atoms with Crippen LogP contribution in [0.3, 0.4) is 0 Å². The maximum absolute atomic E-state index is 13.7. The zero-order valence-corrected chi connectivity index (χ0v) is 10.8. The van der Waals surface area contributed by atoms with Gasteiger partial charge in [0.2, 0.25) is 0 Å². The second-order valence-corrected chi connectivity index (χ2v) is 4.44. The second kappa shape index (κ2) is 5.26. The number of rotatable bonds is 3. The summed E-state index contributed by atoms with van der Waals surface area (Å²) >= 11 is 0. The molecule has 19 heavy (non-hydrogen) atoms.